The molecule has 0 radical (unpaired) electrons. The molecule has 28 heavy (non-hydrogen) atoms. The van der Waals surface area contributed by atoms with Crippen molar-refractivity contribution in [1.29, 1.82) is 0 Å². The van der Waals surface area contributed by atoms with E-state index in [1.165, 1.54) is 0 Å². The molecule has 148 valence electrons. The number of amides is 1. The van der Waals surface area contributed by atoms with Gasteiger partial charge in [-0.1, -0.05) is 18.2 Å². The number of carbonyl (C=O) groups is 1. The predicted octanol–water partition coefficient (Wildman–Crippen LogP) is 3.11. The average molecular weight is 382 g/mol. The molecule has 0 aliphatic carbocycles. The highest BCUT2D eigenvalue weighted by atomic mass is 16.5. The molecule has 0 unspecified atom stereocenters. The normalized spacial score (nSPS) is 11.6. The number of rotatable bonds is 9. The van der Waals surface area contributed by atoms with Gasteiger partial charge in [0.2, 0.25) is 0 Å². The molecule has 0 saturated carbocycles. The molecule has 7 nitrogen and oxygen atoms in total. The summed E-state index contributed by atoms with van der Waals surface area (Å²) in [6, 6.07) is 10.9. The lowest BCUT2D eigenvalue weighted by Gasteiger charge is -2.10. The first kappa shape index (κ1) is 21.1. The summed E-state index contributed by atoms with van der Waals surface area (Å²) >= 11 is 0. The number of hydrogen-bond donors (Lipinski definition) is 2. The largest absolute Gasteiger partial charge is 0.487 e. The molecule has 0 fully saturated rings. The molecule has 1 aromatic carbocycles. The Labute approximate surface area is 165 Å². The number of hydrogen-bond acceptors (Lipinski definition) is 6. The zero-order valence-electron chi connectivity index (χ0n) is 16.4. The Hall–Kier alpha value is -3.19. The van der Waals surface area contributed by atoms with Gasteiger partial charge in [0.1, 0.15) is 18.2 Å². The van der Waals surface area contributed by atoms with Crippen LogP contribution in [-0.2, 0) is 17.9 Å². The highest BCUT2D eigenvalue weighted by Crippen LogP contribution is 2.14. The first-order valence-electron chi connectivity index (χ1n) is 8.95. The number of pyridine rings is 1. The minimum Gasteiger partial charge on any atom is -0.487 e. The Morgan fingerprint density at radius 3 is 2.57 bits per heavy atom. The van der Waals surface area contributed by atoms with Crippen molar-refractivity contribution >= 4 is 17.9 Å². The van der Waals surface area contributed by atoms with E-state index in [4.69, 9.17) is 15.2 Å². The molecule has 2 aromatic rings. The van der Waals surface area contributed by atoms with Crippen LogP contribution in [0.15, 0.2) is 53.2 Å². The smallest absolute Gasteiger partial charge is 0.255 e. The predicted molar refractivity (Wildman–Crippen MR) is 110 cm³/mol. The fraction of sp³-hybridized carbons (Fsp3) is 0.286. The van der Waals surface area contributed by atoms with Crippen LogP contribution in [-0.4, -0.2) is 30.8 Å². The van der Waals surface area contributed by atoms with Gasteiger partial charge in [0.15, 0.2) is 0 Å². The van der Waals surface area contributed by atoms with Crippen molar-refractivity contribution in [2.75, 3.05) is 19.5 Å². The number of ether oxygens (including phenoxy) is 2. The van der Waals surface area contributed by atoms with Crippen molar-refractivity contribution in [2.45, 2.75) is 27.0 Å². The maximum absolute atomic E-state index is 12.3. The molecule has 0 saturated heterocycles. The van der Waals surface area contributed by atoms with Gasteiger partial charge < -0.3 is 20.5 Å². The number of nitrogens with one attached hydrogen (secondary N) is 1. The number of nitrogen functional groups attached to an aromatic ring is 1. The van der Waals surface area contributed by atoms with Crippen LogP contribution in [0.1, 0.15) is 35.5 Å². The molecule has 1 amide bonds. The molecule has 1 aromatic heterocycles. The maximum atomic E-state index is 12.3. The van der Waals surface area contributed by atoms with Crippen LogP contribution in [0.2, 0.25) is 0 Å². The number of benzene rings is 1. The molecule has 0 spiro atoms. The van der Waals surface area contributed by atoms with E-state index < -0.39 is 0 Å². The second kappa shape index (κ2) is 10.8. The van der Waals surface area contributed by atoms with Gasteiger partial charge in [-0.3, -0.25) is 9.79 Å². The van der Waals surface area contributed by atoms with Crippen LogP contribution in [0.5, 0.6) is 5.75 Å². The van der Waals surface area contributed by atoms with E-state index in [-0.39, 0.29) is 11.7 Å². The summed E-state index contributed by atoms with van der Waals surface area (Å²) in [5.74, 6) is 0.651. The third kappa shape index (κ3) is 6.21. The quantitative estimate of drug-likeness (QED) is 0.649. The fourth-order valence-electron chi connectivity index (χ4n) is 2.44. The molecule has 0 aliphatic heterocycles. The minimum absolute atomic E-state index is 0.185. The van der Waals surface area contributed by atoms with Gasteiger partial charge in [-0.05, 0) is 43.7 Å². The SMILES string of the molecule is CC=N/C(=C\C)COc1ccc(CNC(=O)c2ccc(COC)nc2N)cc1. The monoisotopic (exact) mass is 382 g/mol. The van der Waals surface area contributed by atoms with Crippen molar-refractivity contribution in [3.8, 4) is 5.75 Å². The number of aromatic nitrogens is 1. The van der Waals surface area contributed by atoms with E-state index in [0.717, 1.165) is 17.0 Å². The fourth-order valence-corrected chi connectivity index (χ4v) is 2.44. The first-order chi connectivity index (χ1) is 13.6. The van der Waals surface area contributed by atoms with E-state index >= 15 is 0 Å². The second-order valence-electron chi connectivity index (χ2n) is 5.95. The molecule has 0 bridgehead atoms. The molecule has 7 heteroatoms. The number of nitrogens with two attached hydrogens (primary N) is 1. The van der Waals surface area contributed by atoms with Crippen molar-refractivity contribution in [3.63, 3.8) is 0 Å². The Morgan fingerprint density at radius 1 is 1.21 bits per heavy atom. The number of aliphatic imine (C=N–C) groups is 1. The van der Waals surface area contributed by atoms with E-state index in [1.807, 2.05) is 44.2 Å². The summed E-state index contributed by atoms with van der Waals surface area (Å²) in [4.78, 5) is 20.7. The van der Waals surface area contributed by atoms with Crippen LogP contribution >= 0.6 is 0 Å². The average Bonchev–Trinajstić information content (AvgIpc) is 2.70. The summed E-state index contributed by atoms with van der Waals surface area (Å²) in [6.07, 6.45) is 3.64. The third-order valence-corrected chi connectivity index (χ3v) is 3.91. The van der Waals surface area contributed by atoms with Crippen LogP contribution in [0.3, 0.4) is 0 Å². The van der Waals surface area contributed by atoms with Crippen LogP contribution in [0, 0.1) is 0 Å². The number of nitrogens with zero attached hydrogens (tertiary/aromatic N) is 2. The van der Waals surface area contributed by atoms with E-state index in [9.17, 15) is 4.79 Å². The van der Waals surface area contributed by atoms with Gasteiger partial charge in [-0.2, -0.15) is 0 Å². The zero-order valence-corrected chi connectivity index (χ0v) is 16.4. The Bertz CT molecular complexity index is 845. The van der Waals surface area contributed by atoms with Crippen LogP contribution in [0.4, 0.5) is 5.82 Å². The standard InChI is InChI=1S/C21H26N4O3/c1-4-16(23-5-2)14-28-18-9-6-15(7-10-18)12-24-21(26)19-11-8-17(13-27-3)25-20(19)22/h4-11H,12-14H2,1-3H3,(H2,22,25)(H,24,26)/b16-4-,23-5?. The topological polar surface area (TPSA) is 98.8 Å². The van der Waals surface area contributed by atoms with Gasteiger partial charge in [0, 0.05) is 19.9 Å². The Morgan fingerprint density at radius 2 is 1.96 bits per heavy atom. The van der Waals surface area contributed by atoms with Gasteiger partial charge in [0.05, 0.1) is 23.6 Å². The third-order valence-electron chi connectivity index (χ3n) is 3.91. The number of allylic oxidation sites excluding steroid dienone is 1. The Kier molecular flexibility index (Phi) is 8.17. The highest BCUT2D eigenvalue weighted by molar-refractivity contribution is 5.98. The van der Waals surface area contributed by atoms with Gasteiger partial charge in [-0.15, -0.1) is 0 Å². The lowest BCUT2D eigenvalue weighted by atomic mass is 10.2. The first-order valence-corrected chi connectivity index (χ1v) is 8.95. The van der Waals surface area contributed by atoms with Crippen molar-refractivity contribution < 1.29 is 14.3 Å². The Balaban J connectivity index is 1.90. The number of anilines is 1. The zero-order chi connectivity index (χ0) is 20.4. The summed E-state index contributed by atoms with van der Waals surface area (Å²) in [7, 11) is 1.58. The number of methoxy groups -OCH3 is 1. The van der Waals surface area contributed by atoms with Crippen LogP contribution < -0.4 is 15.8 Å². The molecular formula is C21H26N4O3. The lowest BCUT2D eigenvalue weighted by Crippen LogP contribution is -2.24. The number of carbonyl (C=O) groups excluding carboxylic acids is 1. The molecular weight excluding hydrogens is 356 g/mol. The minimum atomic E-state index is -0.274. The summed E-state index contributed by atoms with van der Waals surface area (Å²) < 4.78 is 10.7. The van der Waals surface area contributed by atoms with Crippen molar-refractivity contribution in [3.05, 3.63) is 65.0 Å². The molecule has 1 heterocycles. The van der Waals surface area contributed by atoms with E-state index in [2.05, 4.69) is 15.3 Å². The van der Waals surface area contributed by atoms with Gasteiger partial charge in [0.25, 0.3) is 5.91 Å². The second-order valence-corrected chi connectivity index (χ2v) is 5.95. The molecule has 0 atom stereocenters. The highest BCUT2D eigenvalue weighted by Gasteiger charge is 2.11. The van der Waals surface area contributed by atoms with E-state index in [0.29, 0.717) is 31.0 Å². The summed E-state index contributed by atoms with van der Waals surface area (Å²) in [5, 5.41) is 2.84. The molecule has 2 rings (SSSR count). The van der Waals surface area contributed by atoms with Crippen molar-refractivity contribution in [1.82, 2.24) is 10.3 Å². The van der Waals surface area contributed by atoms with Crippen molar-refractivity contribution in [2.24, 2.45) is 4.99 Å². The lowest BCUT2D eigenvalue weighted by molar-refractivity contribution is 0.0951. The molecule has 3 N–H and O–H groups in total. The summed E-state index contributed by atoms with van der Waals surface area (Å²) in [5.41, 5.74) is 8.70. The van der Waals surface area contributed by atoms with Gasteiger partial charge in [-0.25, -0.2) is 4.98 Å². The van der Waals surface area contributed by atoms with Gasteiger partial charge >= 0.3 is 0 Å². The van der Waals surface area contributed by atoms with E-state index in [1.54, 1.807) is 25.5 Å². The summed E-state index contributed by atoms with van der Waals surface area (Å²) in [6.45, 7) is 4.91. The maximum Gasteiger partial charge on any atom is 0.255 e. The molecule has 0 aliphatic rings. The van der Waals surface area contributed by atoms with Crippen LogP contribution in [0.25, 0.3) is 0 Å².